The first-order valence-electron chi connectivity index (χ1n) is 3.64. The van der Waals surface area contributed by atoms with Gasteiger partial charge in [0.15, 0.2) is 0 Å². The fourth-order valence-corrected chi connectivity index (χ4v) is 1.24. The van der Waals surface area contributed by atoms with Crippen LogP contribution in [0.25, 0.3) is 0 Å². The van der Waals surface area contributed by atoms with Crippen LogP contribution in [0.5, 0.6) is 0 Å². The molecule has 1 fully saturated rings. The number of hydrogen-bond acceptors (Lipinski definition) is 2. The van der Waals surface area contributed by atoms with Gasteiger partial charge in [-0.15, -0.1) is 0 Å². The smallest absolute Gasteiger partial charge is 0.0944 e. The number of hydrogen-bond donors (Lipinski definition) is 1. The van der Waals surface area contributed by atoms with E-state index in [1.165, 1.54) is 6.42 Å². The minimum atomic E-state index is 0.402. The van der Waals surface area contributed by atoms with E-state index in [1.54, 1.807) is 0 Å². The highest BCUT2D eigenvalue weighted by molar-refractivity contribution is 5.20. The topological polar surface area (TPSA) is 35.8 Å². The Morgan fingerprint density at radius 3 is 3.00 bits per heavy atom. The Bertz CT molecular complexity index is 161. The van der Waals surface area contributed by atoms with E-state index in [2.05, 4.69) is 18.0 Å². The second-order valence-corrected chi connectivity index (χ2v) is 2.68. The Morgan fingerprint density at radius 1 is 1.70 bits per heavy atom. The Morgan fingerprint density at radius 2 is 2.50 bits per heavy atom. The van der Waals surface area contributed by atoms with Crippen molar-refractivity contribution in [2.45, 2.75) is 12.8 Å². The minimum Gasteiger partial charge on any atom is -0.316 e. The van der Waals surface area contributed by atoms with E-state index >= 15 is 0 Å². The number of nitrogens with one attached hydrogen (secondary N) is 1. The summed E-state index contributed by atoms with van der Waals surface area (Å²) in [7, 11) is 0. The molecule has 10 heavy (non-hydrogen) atoms. The van der Waals surface area contributed by atoms with Crippen molar-refractivity contribution in [1.29, 1.82) is 5.26 Å². The first-order valence-corrected chi connectivity index (χ1v) is 3.64. The molecule has 0 aromatic rings. The highest BCUT2D eigenvalue weighted by Crippen LogP contribution is 2.16. The summed E-state index contributed by atoms with van der Waals surface area (Å²) in [5.41, 5.74) is 0.729. The van der Waals surface area contributed by atoms with Gasteiger partial charge in [-0.25, -0.2) is 0 Å². The van der Waals surface area contributed by atoms with E-state index < -0.39 is 0 Å². The Hall–Kier alpha value is -0.810. The lowest BCUT2D eigenvalue weighted by Gasteiger charge is -2.20. The maximum Gasteiger partial charge on any atom is 0.0944 e. The van der Waals surface area contributed by atoms with Gasteiger partial charge in [0, 0.05) is 18.0 Å². The maximum absolute atomic E-state index is 8.51. The van der Waals surface area contributed by atoms with Crippen molar-refractivity contribution in [2.75, 3.05) is 13.1 Å². The van der Waals surface area contributed by atoms with Crippen LogP contribution in [0.3, 0.4) is 0 Å². The molecule has 1 rings (SSSR count). The highest BCUT2D eigenvalue weighted by Gasteiger charge is 2.14. The van der Waals surface area contributed by atoms with E-state index in [0.717, 1.165) is 25.1 Å². The summed E-state index contributed by atoms with van der Waals surface area (Å²) < 4.78 is 0. The van der Waals surface area contributed by atoms with E-state index in [4.69, 9.17) is 5.26 Å². The fourth-order valence-electron chi connectivity index (χ4n) is 1.24. The molecule has 1 N–H and O–H groups in total. The zero-order valence-corrected chi connectivity index (χ0v) is 6.06. The summed E-state index contributed by atoms with van der Waals surface area (Å²) in [6.07, 6.45) is 2.30. The molecule has 1 heterocycles. The molecule has 0 radical (unpaired) electrons. The van der Waals surface area contributed by atoms with Crippen LogP contribution < -0.4 is 5.32 Å². The van der Waals surface area contributed by atoms with Gasteiger partial charge < -0.3 is 5.32 Å². The number of piperidine rings is 1. The molecular formula is C8H12N2. The van der Waals surface area contributed by atoms with Gasteiger partial charge in [0.25, 0.3) is 0 Å². The lowest BCUT2D eigenvalue weighted by molar-refractivity contribution is 0.429. The van der Waals surface area contributed by atoms with Crippen LogP contribution in [-0.4, -0.2) is 13.1 Å². The van der Waals surface area contributed by atoms with Gasteiger partial charge in [-0.1, -0.05) is 6.58 Å². The predicted octanol–water partition coefficient (Wildman–Crippen LogP) is 1.07. The molecule has 54 valence electrons. The van der Waals surface area contributed by atoms with E-state index in [1.807, 2.05) is 0 Å². The molecule has 0 spiro atoms. The number of nitriles is 1. The normalized spacial score (nSPS) is 25.3. The van der Waals surface area contributed by atoms with Crippen molar-refractivity contribution >= 4 is 0 Å². The van der Waals surface area contributed by atoms with Gasteiger partial charge in [0.2, 0.25) is 0 Å². The summed E-state index contributed by atoms with van der Waals surface area (Å²) in [5, 5.41) is 11.7. The lowest BCUT2D eigenvalue weighted by atomic mass is 9.93. The van der Waals surface area contributed by atoms with Gasteiger partial charge in [-0.2, -0.15) is 5.26 Å². The molecule has 1 unspecified atom stereocenters. The van der Waals surface area contributed by atoms with Gasteiger partial charge in [-0.05, 0) is 19.4 Å². The van der Waals surface area contributed by atoms with E-state index in [9.17, 15) is 0 Å². The lowest BCUT2D eigenvalue weighted by Crippen LogP contribution is -2.30. The largest absolute Gasteiger partial charge is 0.316 e. The average molecular weight is 136 g/mol. The predicted molar refractivity (Wildman–Crippen MR) is 40.3 cm³/mol. The van der Waals surface area contributed by atoms with Crippen LogP contribution in [0.4, 0.5) is 0 Å². The van der Waals surface area contributed by atoms with E-state index in [0.29, 0.717) is 5.92 Å². The molecule has 2 heteroatoms. The summed E-state index contributed by atoms with van der Waals surface area (Å²) >= 11 is 0. The van der Waals surface area contributed by atoms with Crippen LogP contribution in [0.2, 0.25) is 0 Å². The van der Waals surface area contributed by atoms with Gasteiger partial charge >= 0.3 is 0 Å². The molecule has 0 amide bonds. The second-order valence-electron chi connectivity index (χ2n) is 2.68. The Balaban J connectivity index is 2.40. The monoisotopic (exact) mass is 136 g/mol. The summed E-state index contributed by atoms with van der Waals surface area (Å²) in [6, 6.07) is 2.10. The van der Waals surface area contributed by atoms with Crippen LogP contribution in [0, 0.1) is 17.2 Å². The van der Waals surface area contributed by atoms with Crippen molar-refractivity contribution in [2.24, 2.45) is 5.92 Å². The van der Waals surface area contributed by atoms with Crippen molar-refractivity contribution in [3.8, 4) is 6.07 Å². The van der Waals surface area contributed by atoms with Crippen LogP contribution >= 0.6 is 0 Å². The first-order chi connectivity index (χ1) is 4.84. The molecule has 0 aliphatic carbocycles. The molecule has 0 bridgehead atoms. The van der Waals surface area contributed by atoms with Gasteiger partial charge in [0.05, 0.1) is 6.07 Å². The molecule has 0 aromatic heterocycles. The minimum absolute atomic E-state index is 0.402. The molecule has 1 aliphatic rings. The third-order valence-electron chi connectivity index (χ3n) is 1.93. The fraction of sp³-hybridized carbons (Fsp3) is 0.625. The SMILES string of the molecule is C=C(C#N)C1CCCNC1. The summed E-state index contributed by atoms with van der Waals surface area (Å²) in [6.45, 7) is 5.73. The molecule has 0 saturated carbocycles. The van der Waals surface area contributed by atoms with Crippen LogP contribution in [0.1, 0.15) is 12.8 Å². The molecule has 1 aliphatic heterocycles. The molecule has 2 nitrogen and oxygen atoms in total. The second kappa shape index (κ2) is 3.38. The molecule has 1 atom stereocenters. The van der Waals surface area contributed by atoms with Gasteiger partial charge in [-0.3, -0.25) is 0 Å². The zero-order chi connectivity index (χ0) is 7.40. The molecule has 1 saturated heterocycles. The summed E-state index contributed by atoms with van der Waals surface area (Å²) in [4.78, 5) is 0. The van der Waals surface area contributed by atoms with E-state index in [-0.39, 0.29) is 0 Å². The molecule has 0 aromatic carbocycles. The molecular weight excluding hydrogens is 124 g/mol. The average Bonchev–Trinajstić information content (AvgIpc) is 2.05. The highest BCUT2D eigenvalue weighted by atomic mass is 14.9. The quantitative estimate of drug-likeness (QED) is 0.547. The third kappa shape index (κ3) is 1.58. The number of rotatable bonds is 1. The standard InChI is InChI=1S/C8H12N2/c1-7(5-9)8-3-2-4-10-6-8/h8,10H,1-4,6H2. The van der Waals surface area contributed by atoms with Crippen molar-refractivity contribution in [3.05, 3.63) is 12.2 Å². The third-order valence-corrected chi connectivity index (χ3v) is 1.93. The Kier molecular flexibility index (Phi) is 2.47. The summed E-state index contributed by atoms with van der Waals surface area (Å²) in [5.74, 6) is 0.402. The van der Waals surface area contributed by atoms with Crippen molar-refractivity contribution < 1.29 is 0 Å². The van der Waals surface area contributed by atoms with Gasteiger partial charge in [0.1, 0.15) is 0 Å². The van der Waals surface area contributed by atoms with Crippen molar-refractivity contribution in [3.63, 3.8) is 0 Å². The number of nitrogens with zero attached hydrogens (tertiary/aromatic N) is 1. The maximum atomic E-state index is 8.51. The zero-order valence-electron chi connectivity index (χ0n) is 6.06. The van der Waals surface area contributed by atoms with Crippen molar-refractivity contribution in [1.82, 2.24) is 5.32 Å². The first kappa shape index (κ1) is 7.30. The Labute approximate surface area is 61.5 Å². The van der Waals surface area contributed by atoms with Crippen LogP contribution in [-0.2, 0) is 0 Å². The van der Waals surface area contributed by atoms with Crippen LogP contribution in [0.15, 0.2) is 12.2 Å².